The van der Waals surface area contributed by atoms with Crippen LogP contribution in [0.2, 0.25) is 0 Å². The molecule has 0 saturated heterocycles. The first-order valence-electron chi connectivity index (χ1n) is 21.2. The molecule has 3 aliphatic rings. The first kappa shape index (κ1) is 54.3. The van der Waals surface area contributed by atoms with Gasteiger partial charge in [-0.1, -0.05) is 206 Å². The summed E-state index contributed by atoms with van der Waals surface area (Å²) in [5.74, 6) is -2.13. The first-order valence-corrected chi connectivity index (χ1v) is 21.2. The predicted molar refractivity (Wildman–Crippen MR) is 218 cm³/mol. The predicted octanol–water partition coefficient (Wildman–Crippen LogP) is 12.1. The molecule has 0 aliphatic heterocycles. The van der Waals surface area contributed by atoms with E-state index in [0.29, 0.717) is 6.42 Å². The SMILES string of the molecule is C1CCCCCCCCC1.C1CCCCCCCCC1.C1CCCCCCCCC1.CCCC(O)O.CO.CO.O=C(O)c1ccc(C(=O)O)cc1. The van der Waals surface area contributed by atoms with Crippen molar-refractivity contribution in [2.24, 2.45) is 0 Å². The number of carboxylic acid groups (broad SMARTS) is 2. The number of benzene rings is 1. The van der Waals surface area contributed by atoms with Crippen molar-refractivity contribution >= 4 is 11.9 Å². The molecule has 0 amide bonds. The van der Waals surface area contributed by atoms with Crippen LogP contribution >= 0.6 is 0 Å². The number of aliphatic hydroxyl groups excluding tert-OH is 3. The van der Waals surface area contributed by atoms with E-state index in [4.69, 9.17) is 30.6 Å². The number of aromatic carboxylic acids is 2. The van der Waals surface area contributed by atoms with Crippen LogP contribution in [0.15, 0.2) is 24.3 Å². The number of rotatable bonds is 4. The van der Waals surface area contributed by atoms with Gasteiger partial charge < -0.3 is 30.6 Å². The minimum Gasteiger partial charge on any atom is -0.478 e. The van der Waals surface area contributed by atoms with Gasteiger partial charge in [0.2, 0.25) is 0 Å². The Labute approximate surface area is 319 Å². The van der Waals surface area contributed by atoms with E-state index < -0.39 is 18.2 Å². The van der Waals surface area contributed by atoms with Crippen molar-refractivity contribution in [2.75, 3.05) is 14.2 Å². The molecule has 8 heteroatoms. The van der Waals surface area contributed by atoms with E-state index >= 15 is 0 Å². The highest BCUT2D eigenvalue weighted by Gasteiger charge is 2.05. The van der Waals surface area contributed by atoms with E-state index in [1.165, 1.54) is 217 Å². The van der Waals surface area contributed by atoms with Gasteiger partial charge in [-0.15, -0.1) is 0 Å². The maximum Gasteiger partial charge on any atom is 0.335 e. The highest BCUT2D eigenvalue weighted by molar-refractivity contribution is 5.91. The maximum absolute atomic E-state index is 10.3. The summed E-state index contributed by atoms with van der Waals surface area (Å²) in [6.07, 6.45) is 45.2. The number of carboxylic acids is 2. The topological polar surface area (TPSA) is 156 Å². The minimum absolute atomic E-state index is 0.0833. The Balaban J connectivity index is -0.000000570. The molecule has 4 rings (SSSR count). The summed E-state index contributed by atoms with van der Waals surface area (Å²) in [7, 11) is 2.00. The molecule has 8 nitrogen and oxygen atoms in total. The lowest BCUT2D eigenvalue weighted by molar-refractivity contribution is -0.0453. The van der Waals surface area contributed by atoms with Crippen LogP contribution in [0, 0.1) is 0 Å². The van der Waals surface area contributed by atoms with Gasteiger partial charge in [0.25, 0.3) is 0 Å². The summed E-state index contributed by atoms with van der Waals surface area (Å²) in [6.45, 7) is 1.90. The summed E-state index contributed by atoms with van der Waals surface area (Å²) in [6, 6.07) is 5.02. The average Bonchev–Trinajstić information content (AvgIpc) is 3.18. The summed E-state index contributed by atoms with van der Waals surface area (Å²) >= 11 is 0. The van der Waals surface area contributed by atoms with Gasteiger partial charge in [-0.2, -0.15) is 0 Å². The lowest BCUT2D eigenvalue weighted by Crippen LogP contribution is -2.01. The fourth-order valence-corrected chi connectivity index (χ4v) is 6.32. The van der Waals surface area contributed by atoms with Crippen molar-refractivity contribution < 1.29 is 40.2 Å². The molecule has 1 aromatic rings. The molecule has 0 aromatic heterocycles. The van der Waals surface area contributed by atoms with Crippen molar-refractivity contribution in [1.29, 1.82) is 0 Å². The lowest BCUT2D eigenvalue weighted by atomic mass is 10.0. The molecular weight excluding hydrogens is 656 g/mol. The van der Waals surface area contributed by atoms with E-state index in [0.717, 1.165) is 20.6 Å². The van der Waals surface area contributed by atoms with E-state index in [2.05, 4.69) is 0 Å². The summed E-state index contributed by atoms with van der Waals surface area (Å²) in [5, 5.41) is 47.1. The molecule has 0 unspecified atom stereocenters. The largest absolute Gasteiger partial charge is 0.478 e. The van der Waals surface area contributed by atoms with Gasteiger partial charge in [0.1, 0.15) is 0 Å². The Morgan fingerprint density at radius 2 is 0.538 bits per heavy atom. The molecule has 0 bridgehead atoms. The number of carbonyl (C=O) groups is 2. The summed E-state index contributed by atoms with van der Waals surface area (Å²) < 4.78 is 0. The smallest absolute Gasteiger partial charge is 0.335 e. The molecule has 52 heavy (non-hydrogen) atoms. The third-order valence-corrected chi connectivity index (χ3v) is 9.43. The Morgan fingerprint density at radius 1 is 0.404 bits per heavy atom. The fraction of sp³-hybridized carbons (Fsp3) is 0.818. The van der Waals surface area contributed by atoms with Crippen LogP contribution in [0.3, 0.4) is 0 Å². The maximum atomic E-state index is 10.3. The number of hydrogen-bond donors (Lipinski definition) is 6. The van der Waals surface area contributed by atoms with Crippen LogP contribution in [-0.4, -0.2) is 63.1 Å². The van der Waals surface area contributed by atoms with Crippen molar-refractivity contribution in [3.8, 4) is 0 Å². The van der Waals surface area contributed by atoms with Gasteiger partial charge in [-0.3, -0.25) is 0 Å². The van der Waals surface area contributed by atoms with Gasteiger partial charge in [-0.05, 0) is 30.7 Å². The highest BCUT2D eigenvalue weighted by Crippen LogP contribution is 2.17. The Morgan fingerprint density at radius 3 is 0.596 bits per heavy atom. The molecule has 0 radical (unpaired) electrons. The lowest BCUT2D eigenvalue weighted by Gasteiger charge is -2.05. The normalized spacial score (nSPS) is 17.4. The quantitative estimate of drug-likeness (QED) is 0.167. The zero-order valence-corrected chi connectivity index (χ0v) is 34.0. The van der Waals surface area contributed by atoms with Gasteiger partial charge in [0, 0.05) is 14.2 Å². The van der Waals surface area contributed by atoms with Gasteiger partial charge in [-0.25, -0.2) is 9.59 Å². The summed E-state index contributed by atoms with van der Waals surface area (Å²) in [4.78, 5) is 20.7. The molecule has 0 spiro atoms. The van der Waals surface area contributed by atoms with Gasteiger partial charge >= 0.3 is 11.9 Å². The zero-order valence-electron chi connectivity index (χ0n) is 34.0. The molecule has 0 heterocycles. The van der Waals surface area contributed by atoms with E-state index in [9.17, 15) is 9.59 Å². The van der Waals surface area contributed by atoms with Crippen LogP contribution in [0.25, 0.3) is 0 Å². The Bertz CT molecular complexity index is 648. The van der Waals surface area contributed by atoms with E-state index in [-0.39, 0.29) is 11.1 Å². The standard InChI is InChI=1S/3C10H20.C8H6O4.C4H10O2.2CH4O/c3*1-2-4-6-8-10-9-7-5-3-1;9-7(10)5-1-2-6(4-3-5)8(11)12;1-2-3-4(5)6;2*1-2/h3*1-10H2;1-4H,(H,9,10)(H,11,12);4-6H,2-3H2,1H3;2*2H,1H3. The molecule has 3 aliphatic carbocycles. The van der Waals surface area contributed by atoms with Crippen LogP contribution in [0.1, 0.15) is 233 Å². The highest BCUT2D eigenvalue weighted by atomic mass is 16.5. The van der Waals surface area contributed by atoms with Crippen molar-refractivity contribution in [3.63, 3.8) is 0 Å². The van der Waals surface area contributed by atoms with Crippen molar-refractivity contribution in [2.45, 2.75) is 219 Å². The second kappa shape index (κ2) is 47.0. The van der Waals surface area contributed by atoms with Gasteiger partial charge in [0.15, 0.2) is 6.29 Å². The molecule has 1 aromatic carbocycles. The molecule has 3 fully saturated rings. The third kappa shape index (κ3) is 44.2. The fourth-order valence-electron chi connectivity index (χ4n) is 6.32. The third-order valence-electron chi connectivity index (χ3n) is 9.43. The van der Waals surface area contributed by atoms with Gasteiger partial charge in [0.05, 0.1) is 11.1 Å². The second-order valence-corrected chi connectivity index (χ2v) is 14.1. The number of aliphatic hydroxyl groups is 4. The van der Waals surface area contributed by atoms with Crippen LogP contribution in [0.4, 0.5) is 0 Å². The van der Waals surface area contributed by atoms with Crippen LogP contribution in [0.5, 0.6) is 0 Å². The Hall–Kier alpha value is -2.00. The van der Waals surface area contributed by atoms with Crippen LogP contribution < -0.4 is 0 Å². The second-order valence-electron chi connectivity index (χ2n) is 14.1. The monoisotopic (exact) mass is 741 g/mol. The average molecular weight is 741 g/mol. The van der Waals surface area contributed by atoms with Crippen LogP contribution in [-0.2, 0) is 0 Å². The zero-order chi connectivity index (χ0) is 39.3. The van der Waals surface area contributed by atoms with Crippen molar-refractivity contribution in [1.82, 2.24) is 0 Å². The molecule has 3 saturated carbocycles. The molecule has 0 atom stereocenters. The van der Waals surface area contributed by atoms with E-state index in [1.807, 2.05) is 6.92 Å². The molecule has 6 N–H and O–H groups in total. The summed E-state index contributed by atoms with van der Waals surface area (Å²) in [5.41, 5.74) is 0.167. The first-order chi connectivity index (χ1) is 25.4. The molecule has 308 valence electrons. The van der Waals surface area contributed by atoms with Crippen molar-refractivity contribution in [3.05, 3.63) is 35.4 Å². The molecular formula is C44H84O8. The minimum atomic E-state index is -1.10. The number of hydrogen-bond acceptors (Lipinski definition) is 6. The Kier molecular flexibility index (Phi) is 49.1. The van der Waals surface area contributed by atoms with E-state index in [1.54, 1.807) is 0 Å².